The molecule has 1 aliphatic rings. The van der Waals surface area contributed by atoms with Crippen LogP contribution in [-0.2, 0) is 6.42 Å². The highest BCUT2D eigenvalue weighted by Crippen LogP contribution is 2.19. The van der Waals surface area contributed by atoms with Crippen LogP contribution in [0.5, 0.6) is 0 Å². The third kappa shape index (κ3) is 2.08. The summed E-state index contributed by atoms with van der Waals surface area (Å²) in [6.45, 7) is 1.21. The average Bonchev–Trinajstić information content (AvgIpc) is 2.76. The molecule has 2 aromatic heterocycles. The van der Waals surface area contributed by atoms with Crippen LogP contribution in [0.2, 0.25) is 0 Å². The van der Waals surface area contributed by atoms with E-state index in [-0.39, 0.29) is 0 Å². The van der Waals surface area contributed by atoms with E-state index in [1.54, 1.807) is 0 Å². The molecule has 3 heterocycles. The van der Waals surface area contributed by atoms with Crippen LogP contribution in [0.15, 0.2) is 24.4 Å². The molecule has 3 rings (SSSR count). The number of likely N-dealkylation sites (tertiary alicyclic amines) is 1. The van der Waals surface area contributed by atoms with Crippen LogP contribution in [0.3, 0.4) is 0 Å². The maximum absolute atomic E-state index is 5.94. The van der Waals surface area contributed by atoms with Crippen molar-refractivity contribution < 1.29 is 0 Å². The quantitative estimate of drug-likeness (QED) is 0.878. The van der Waals surface area contributed by atoms with E-state index in [9.17, 15) is 0 Å². The molecular formula is C14H20N4. The molecule has 4 nitrogen and oxygen atoms in total. The van der Waals surface area contributed by atoms with Crippen LogP contribution in [-0.4, -0.2) is 33.9 Å². The van der Waals surface area contributed by atoms with Crippen LogP contribution in [0, 0.1) is 0 Å². The summed E-state index contributed by atoms with van der Waals surface area (Å²) < 4.78 is 1.97. The number of piperidine rings is 1. The number of rotatable bonds is 2. The maximum atomic E-state index is 5.94. The molecule has 1 saturated heterocycles. The fourth-order valence-electron chi connectivity index (χ4n) is 2.82. The standard InChI is InChI=1S/C14H20N4/c1-17-8-3-2-5-12(17)9-11-10-18-13(15)6-4-7-14(18)16-11/h4,6-7,10,12H,2-3,5,8-9,15H2,1H3. The second kappa shape index (κ2) is 4.61. The zero-order valence-electron chi connectivity index (χ0n) is 10.8. The Hall–Kier alpha value is -1.55. The summed E-state index contributed by atoms with van der Waals surface area (Å²) in [6, 6.07) is 6.49. The van der Waals surface area contributed by atoms with Gasteiger partial charge < -0.3 is 10.6 Å². The first-order valence-corrected chi connectivity index (χ1v) is 6.67. The van der Waals surface area contributed by atoms with Crippen molar-refractivity contribution in [3.63, 3.8) is 0 Å². The molecule has 4 heteroatoms. The largest absolute Gasteiger partial charge is 0.385 e. The van der Waals surface area contributed by atoms with Crippen LogP contribution < -0.4 is 5.73 Å². The van der Waals surface area contributed by atoms with Crippen LogP contribution in [0.25, 0.3) is 5.65 Å². The summed E-state index contributed by atoms with van der Waals surface area (Å²) in [6.07, 6.45) is 7.04. The third-order valence-corrected chi connectivity index (χ3v) is 3.94. The van der Waals surface area contributed by atoms with Gasteiger partial charge >= 0.3 is 0 Å². The fraction of sp³-hybridized carbons (Fsp3) is 0.500. The van der Waals surface area contributed by atoms with Gasteiger partial charge in [0, 0.05) is 18.7 Å². The van der Waals surface area contributed by atoms with Crippen LogP contribution >= 0.6 is 0 Å². The van der Waals surface area contributed by atoms with Gasteiger partial charge in [0.2, 0.25) is 0 Å². The Bertz CT molecular complexity index is 546. The van der Waals surface area contributed by atoms with Crippen LogP contribution in [0.1, 0.15) is 25.0 Å². The lowest BCUT2D eigenvalue weighted by molar-refractivity contribution is 0.184. The highest BCUT2D eigenvalue weighted by molar-refractivity contribution is 5.48. The third-order valence-electron chi connectivity index (χ3n) is 3.94. The summed E-state index contributed by atoms with van der Waals surface area (Å²) >= 11 is 0. The van der Waals surface area contributed by atoms with Gasteiger partial charge in [0.05, 0.1) is 5.69 Å². The number of nitrogen functional groups attached to an aromatic ring is 1. The molecule has 0 aliphatic carbocycles. The van der Waals surface area contributed by atoms with Crippen molar-refractivity contribution in [1.29, 1.82) is 0 Å². The monoisotopic (exact) mass is 244 g/mol. The zero-order valence-corrected chi connectivity index (χ0v) is 10.8. The Labute approximate surface area is 107 Å². The lowest BCUT2D eigenvalue weighted by Gasteiger charge is -2.31. The van der Waals surface area contributed by atoms with Crippen molar-refractivity contribution in [2.24, 2.45) is 0 Å². The number of fused-ring (bicyclic) bond motifs is 1. The van der Waals surface area contributed by atoms with Crippen molar-refractivity contribution in [2.75, 3.05) is 19.3 Å². The minimum absolute atomic E-state index is 0.630. The van der Waals surface area contributed by atoms with E-state index < -0.39 is 0 Å². The Morgan fingerprint density at radius 1 is 1.39 bits per heavy atom. The first-order chi connectivity index (χ1) is 8.74. The van der Waals surface area contributed by atoms with E-state index >= 15 is 0 Å². The fourth-order valence-corrected chi connectivity index (χ4v) is 2.82. The molecule has 1 aliphatic heterocycles. The predicted molar refractivity (Wildman–Crippen MR) is 73.6 cm³/mol. The minimum Gasteiger partial charge on any atom is -0.385 e. The number of anilines is 1. The van der Waals surface area contributed by atoms with E-state index in [2.05, 4.69) is 23.1 Å². The molecule has 2 N–H and O–H groups in total. The number of imidazole rings is 1. The molecule has 0 aromatic carbocycles. The number of hydrogen-bond acceptors (Lipinski definition) is 3. The van der Waals surface area contributed by atoms with Gasteiger partial charge in [-0.2, -0.15) is 0 Å². The van der Waals surface area contributed by atoms with Crippen molar-refractivity contribution in [1.82, 2.24) is 14.3 Å². The van der Waals surface area contributed by atoms with Gasteiger partial charge in [-0.15, -0.1) is 0 Å². The molecule has 1 unspecified atom stereocenters. The van der Waals surface area contributed by atoms with Crippen LogP contribution in [0.4, 0.5) is 5.82 Å². The topological polar surface area (TPSA) is 46.6 Å². The Kier molecular flexibility index (Phi) is 2.96. The van der Waals surface area contributed by atoms with E-state index in [4.69, 9.17) is 5.73 Å². The number of hydrogen-bond donors (Lipinski definition) is 1. The second-order valence-corrected chi connectivity index (χ2v) is 5.25. The lowest BCUT2D eigenvalue weighted by Crippen LogP contribution is -2.37. The molecular weight excluding hydrogens is 224 g/mol. The first kappa shape index (κ1) is 11.5. The van der Waals surface area contributed by atoms with Gasteiger partial charge in [0.15, 0.2) is 0 Å². The van der Waals surface area contributed by atoms with E-state index in [0.29, 0.717) is 6.04 Å². The molecule has 0 radical (unpaired) electrons. The molecule has 0 spiro atoms. The van der Waals surface area contributed by atoms with Crippen molar-refractivity contribution >= 4 is 11.5 Å². The van der Waals surface area contributed by atoms with Gasteiger partial charge in [-0.3, -0.25) is 4.40 Å². The highest BCUT2D eigenvalue weighted by atomic mass is 15.1. The Morgan fingerprint density at radius 2 is 2.28 bits per heavy atom. The summed E-state index contributed by atoms with van der Waals surface area (Å²) in [5.41, 5.74) is 8.04. The number of nitrogens with two attached hydrogens (primary N) is 1. The number of aromatic nitrogens is 2. The lowest BCUT2D eigenvalue weighted by atomic mass is 9.99. The molecule has 96 valence electrons. The number of pyridine rings is 1. The molecule has 0 saturated carbocycles. The maximum Gasteiger partial charge on any atom is 0.138 e. The Balaban J connectivity index is 1.84. The molecule has 0 amide bonds. The first-order valence-electron chi connectivity index (χ1n) is 6.67. The summed E-state index contributed by atoms with van der Waals surface area (Å²) in [4.78, 5) is 7.11. The number of likely N-dealkylation sites (N-methyl/N-ethyl adjacent to an activating group) is 1. The Morgan fingerprint density at radius 3 is 3.06 bits per heavy atom. The SMILES string of the molecule is CN1CCCCC1Cc1cn2c(N)cccc2n1. The van der Waals surface area contributed by atoms with Gasteiger partial charge in [-0.1, -0.05) is 12.5 Å². The molecule has 18 heavy (non-hydrogen) atoms. The van der Waals surface area contributed by atoms with Crippen molar-refractivity contribution in [2.45, 2.75) is 31.7 Å². The van der Waals surface area contributed by atoms with Gasteiger partial charge in [0.25, 0.3) is 0 Å². The normalized spacial score (nSPS) is 21.5. The van der Waals surface area contributed by atoms with Crippen molar-refractivity contribution in [3.05, 3.63) is 30.1 Å². The highest BCUT2D eigenvalue weighted by Gasteiger charge is 2.20. The predicted octanol–water partition coefficient (Wildman–Crippen LogP) is 1.94. The zero-order chi connectivity index (χ0) is 12.5. The number of nitrogens with zero attached hydrogens (tertiary/aromatic N) is 3. The molecule has 0 bridgehead atoms. The minimum atomic E-state index is 0.630. The van der Waals surface area contributed by atoms with E-state index in [1.807, 2.05) is 22.6 Å². The van der Waals surface area contributed by atoms with E-state index in [1.165, 1.54) is 25.8 Å². The van der Waals surface area contributed by atoms with Gasteiger partial charge in [-0.25, -0.2) is 4.98 Å². The summed E-state index contributed by atoms with van der Waals surface area (Å²) in [7, 11) is 2.22. The smallest absolute Gasteiger partial charge is 0.138 e. The van der Waals surface area contributed by atoms with Gasteiger partial charge in [-0.05, 0) is 38.6 Å². The summed E-state index contributed by atoms with van der Waals surface area (Å²) in [5.74, 6) is 0.753. The average molecular weight is 244 g/mol. The molecule has 2 aromatic rings. The second-order valence-electron chi connectivity index (χ2n) is 5.25. The molecule has 1 fully saturated rings. The van der Waals surface area contributed by atoms with Crippen molar-refractivity contribution in [3.8, 4) is 0 Å². The molecule has 1 atom stereocenters. The summed E-state index contributed by atoms with van der Waals surface area (Å²) in [5, 5.41) is 0. The van der Waals surface area contributed by atoms with Gasteiger partial charge in [0.1, 0.15) is 11.5 Å². The van der Waals surface area contributed by atoms with E-state index in [0.717, 1.165) is 23.6 Å².